The number of alkyl halides is 1. The molecule has 0 bridgehead atoms. The van der Waals surface area contributed by atoms with Gasteiger partial charge in [0.25, 0.3) is 0 Å². The Morgan fingerprint density at radius 3 is 2.40 bits per heavy atom. The molecule has 15 heavy (non-hydrogen) atoms. The molecule has 0 radical (unpaired) electrons. The zero-order valence-corrected chi connectivity index (χ0v) is 11.6. The van der Waals surface area contributed by atoms with Gasteiger partial charge in [0.1, 0.15) is 0 Å². The number of rotatable bonds is 5. The fourth-order valence-electron chi connectivity index (χ4n) is 2.39. The molecular weight excluding hydrogens is 254 g/mol. The van der Waals surface area contributed by atoms with Crippen LogP contribution in [0, 0.1) is 0 Å². The van der Waals surface area contributed by atoms with Crippen molar-refractivity contribution in [1.82, 2.24) is 4.90 Å². The average molecular weight is 278 g/mol. The summed E-state index contributed by atoms with van der Waals surface area (Å²) in [4.78, 5) is 2.97. The lowest BCUT2D eigenvalue weighted by Crippen LogP contribution is -2.36. The number of hydrogen-bond acceptors (Lipinski definition) is 2. The molecule has 3 heteroatoms. The summed E-state index contributed by atoms with van der Waals surface area (Å²) in [5.74, 6) is 0. The second-order valence-electron chi connectivity index (χ2n) is 4.64. The van der Waals surface area contributed by atoms with E-state index >= 15 is 0 Å². The van der Waals surface area contributed by atoms with E-state index in [4.69, 9.17) is 4.74 Å². The van der Waals surface area contributed by atoms with Crippen molar-refractivity contribution in [2.24, 2.45) is 0 Å². The van der Waals surface area contributed by atoms with Crippen LogP contribution in [0.2, 0.25) is 0 Å². The Kier molecular flexibility index (Phi) is 6.86. The standard InChI is InChI=1S/C12H24BrNO/c1-14(9-11(13)10-15-2)12-7-5-3-4-6-8-12/h11-12H,3-10H2,1-2H3. The van der Waals surface area contributed by atoms with Crippen LogP contribution >= 0.6 is 15.9 Å². The smallest absolute Gasteiger partial charge is 0.0600 e. The molecule has 1 rings (SSSR count). The average Bonchev–Trinajstić information content (AvgIpc) is 2.45. The number of ether oxygens (including phenoxy) is 1. The molecule has 1 saturated carbocycles. The van der Waals surface area contributed by atoms with Crippen molar-refractivity contribution in [3.8, 4) is 0 Å². The molecular formula is C12H24BrNO. The van der Waals surface area contributed by atoms with E-state index in [2.05, 4.69) is 27.9 Å². The van der Waals surface area contributed by atoms with Crippen molar-refractivity contribution >= 4 is 15.9 Å². The summed E-state index contributed by atoms with van der Waals surface area (Å²) in [6, 6.07) is 0.796. The third-order valence-electron chi connectivity index (χ3n) is 3.28. The first-order chi connectivity index (χ1) is 7.24. The predicted molar refractivity (Wildman–Crippen MR) is 68.7 cm³/mol. The van der Waals surface area contributed by atoms with Crippen LogP contribution in [0.4, 0.5) is 0 Å². The topological polar surface area (TPSA) is 12.5 Å². The van der Waals surface area contributed by atoms with Gasteiger partial charge in [-0.1, -0.05) is 41.6 Å². The Bertz CT molecular complexity index is 158. The number of methoxy groups -OCH3 is 1. The molecule has 0 aliphatic heterocycles. The number of hydrogen-bond donors (Lipinski definition) is 0. The van der Waals surface area contributed by atoms with E-state index in [1.165, 1.54) is 38.5 Å². The van der Waals surface area contributed by atoms with Crippen LogP contribution in [0.1, 0.15) is 38.5 Å². The summed E-state index contributed by atoms with van der Waals surface area (Å²) in [5.41, 5.74) is 0. The first kappa shape index (κ1) is 13.5. The summed E-state index contributed by atoms with van der Waals surface area (Å²) in [5, 5.41) is 0. The van der Waals surface area contributed by atoms with Crippen molar-refractivity contribution in [3.05, 3.63) is 0 Å². The van der Waals surface area contributed by atoms with Gasteiger partial charge < -0.3 is 9.64 Å². The van der Waals surface area contributed by atoms with Crippen molar-refractivity contribution in [2.45, 2.75) is 49.4 Å². The van der Waals surface area contributed by atoms with Gasteiger partial charge in [-0.2, -0.15) is 0 Å². The summed E-state index contributed by atoms with van der Waals surface area (Å²) in [6.07, 6.45) is 8.44. The molecule has 1 aliphatic rings. The van der Waals surface area contributed by atoms with Crippen LogP contribution < -0.4 is 0 Å². The number of halogens is 1. The van der Waals surface area contributed by atoms with Gasteiger partial charge in [-0.3, -0.25) is 0 Å². The molecule has 1 fully saturated rings. The maximum atomic E-state index is 5.14. The molecule has 1 unspecified atom stereocenters. The molecule has 1 atom stereocenters. The number of nitrogens with zero attached hydrogens (tertiary/aromatic N) is 1. The summed E-state index contributed by atoms with van der Waals surface area (Å²) >= 11 is 3.66. The van der Waals surface area contributed by atoms with Crippen LogP contribution in [-0.4, -0.2) is 43.1 Å². The quantitative estimate of drug-likeness (QED) is 0.566. The van der Waals surface area contributed by atoms with Gasteiger partial charge in [0.15, 0.2) is 0 Å². The van der Waals surface area contributed by atoms with Crippen LogP contribution in [-0.2, 0) is 4.74 Å². The largest absolute Gasteiger partial charge is 0.383 e. The van der Waals surface area contributed by atoms with Crippen molar-refractivity contribution < 1.29 is 4.74 Å². The lowest BCUT2D eigenvalue weighted by molar-refractivity contribution is 0.166. The van der Waals surface area contributed by atoms with Crippen LogP contribution in [0.5, 0.6) is 0 Å². The molecule has 1 aliphatic carbocycles. The van der Waals surface area contributed by atoms with Crippen molar-refractivity contribution in [2.75, 3.05) is 27.3 Å². The molecule has 0 saturated heterocycles. The molecule has 0 spiro atoms. The second kappa shape index (κ2) is 7.64. The molecule has 0 aromatic rings. The minimum absolute atomic E-state index is 0.468. The van der Waals surface area contributed by atoms with Gasteiger partial charge in [-0.25, -0.2) is 0 Å². The molecule has 0 N–H and O–H groups in total. The maximum Gasteiger partial charge on any atom is 0.0600 e. The zero-order chi connectivity index (χ0) is 11.1. The fourth-order valence-corrected chi connectivity index (χ4v) is 3.11. The van der Waals surface area contributed by atoms with Crippen LogP contribution in [0.15, 0.2) is 0 Å². The van der Waals surface area contributed by atoms with Gasteiger partial charge in [-0.05, 0) is 19.9 Å². The monoisotopic (exact) mass is 277 g/mol. The Balaban J connectivity index is 2.27. The Hall–Kier alpha value is 0.400. The first-order valence-electron chi connectivity index (χ1n) is 6.07. The van der Waals surface area contributed by atoms with Crippen molar-refractivity contribution in [3.63, 3.8) is 0 Å². The zero-order valence-electron chi connectivity index (χ0n) is 10.0. The Morgan fingerprint density at radius 2 is 1.87 bits per heavy atom. The molecule has 0 amide bonds. The lowest BCUT2D eigenvalue weighted by Gasteiger charge is -2.28. The normalized spacial score (nSPS) is 21.6. The summed E-state index contributed by atoms with van der Waals surface area (Å²) in [7, 11) is 4.01. The van der Waals surface area contributed by atoms with Crippen molar-refractivity contribution in [1.29, 1.82) is 0 Å². The summed E-state index contributed by atoms with van der Waals surface area (Å²) in [6.45, 7) is 1.90. The van der Waals surface area contributed by atoms with E-state index in [0.29, 0.717) is 4.83 Å². The second-order valence-corrected chi connectivity index (χ2v) is 5.93. The highest BCUT2D eigenvalue weighted by Crippen LogP contribution is 2.21. The van der Waals surface area contributed by atoms with E-state index < -0.39 is 0 Å². The van der Waals surface area contributed by atoms with Gasteiger partial charge in [0.05, 0.1) is 11.4 Å². The molecule has 0 heterocycles. The minimum atomic E-state index is 0.468. The highest BCUT2D eigenvalue weighted by molar-refractivity contribution is 9.09. The van der Waals surface area contributed by atoms with Crippen LogP contribution in [0.3, 0.4) is 0 Å². The highest BCUT2D eigenvalue weighted by Gasteiger charge is 2.18. The van der Waals surface area contributed by atoms with E-state index in [1.54, 1.807) is 7.11 Å². The van der Waals surface area contributed by atoms with E-state index in [9.17, 15) is 0 Å². The fraction of sp³-hybridized carbons (Fsp3) is 1.00. The van der Waals surface area contributed by atoms with Gasteiger partial charge in [0, 0.05) is 19.7 Å². The minimum Gasteiger partial charge on any atom is -0.383 e. The molecule has 2 nitrogen and oxygen atoms in total. The first-order valence-corrected chi connectivity index (χ1v) is 6.99. The molecule has 0 aromatic heterocycles. The van der Waals surface area contributed by atoms with E-state index in [1.807, 2.05) is 0 Å². The Labute approximate surface area is 102 Å². The molecule has 90 valence electrons. The highest BCUT2D eigenvalue weighted by atomic mass is 79.9. The Morgan fingerprint density at radius 1 is 1.27 bits per heavy atom. The van der Waals surface area contributed by atoms with E-state index in [0.717, 1.165) is 19.2 Å². The lowest BCUT2D eigenvalue weighted by atomic mass is 10.1. The maximum absolute atomic E-state index is 5.14. The van der Waals surface area contributed by atoms with Gasteiger partial charge in [-0.15, -0.1) is 0 Å². The molecule has 0 aromatic carbocycles. The third kappa shape index (κ3) is 5.32. The van der Waals surface area contributed by atoms with E-state index in [-0.39, 0.29) is 0 Å². The van der Waals surface area contributed by atoms with Crippen LogP contribution in [0.25, 0.3) is 0 Å². The van der Waals surface area contributed by atoms with Gasteiger partial charge >= 0.3 is 0 Å². The predicted octanol–water partition coefficient (Wildman–Crippen LogP) is 3.05. The third-order valence-corrected chi connectivity index (χ3v) is 3.84. The summed E-state index contributed by atoms with van der Waals surface area (Å²) < 4.78 is 5.14. The SMILES string of the molecule is COCC(Br)CN(C)C1CCCCCC1. The van der Waals surface area contributed by atoms with Gasteiger partial charge in [0.2, 0.25) is 0 Å².